The number of benzene rings is 1. The fourth-order valence-electron chi connectivity index (χ4n) is 7.68. The van der Waals surface area contributed by atoms with Crippen LogP contribution in [0.15, 0.2) is 35.9 Å². The Balaban J connectivity index is 1.58. The quantitative estimate of drug-likeness (QED) is 0.0708. The highest BCUT2D eigenvalue weighted by atomic mass is 35.5. The maximum Gasteiger partial charge on any atom is 0.409 e. The minimum atomic E-state index is -1.85. The predicted molar refractivity (Wildman–Crippen MR) is 242 cm³/mol. The number of hydrogen-bond acceptors (Lipinski definition) is 13. The molecule has 2 saturated heterocycles. The molecule has 1 aromatic rings. The van der Waals surface area contributed by atoms with Crippen LogP contribution in [-0.4, -0.2) is 125 Å². The molecule has 0 saturated carbocycles. The molecule has 4 N–H and O–H groups in total. The van der Waals surface area contributed by atoms with E-state index in [1.165, 1.54) is 24.0 Å². The number of carbonyl (C=O) groups is 5. The molecular formula is C44H65ClN4O11S2. The van der Waals surface area contributed by atoms with E-state index in [-0.39, 0.29) is 47.5 Å². The number of aliphatic hydroxyl groups excluding tert-OH is 1. The molecular weight excluding hydrogens is 860 g/mol. The summed E-state index contributed by atoms with van der Waals surface area (Å²) in [7, 11) is 7.83. The average Bonchev–Trinajstić information content (AvgIpc) is 3.91. The van der Waals surface area contributed by atoms with Crippen molar-refractivity contribution < 1.29 is 53.1 Å². The van der Waals surface area contributed by atoms with Crippen molar-refractivity contribution in [3.05, 3.63) is 52.1 Å². The van der Waals surface area contributed by atoms with E-state index < -0.39 is 65.7 Å². The number of carbonyl (C=O) groups excluding carboxylic acids is 5. The Morgan fingerprint density at radius 2 is 1.94 bits per heavy atom. The molecule has 0 aromatic heterocycles. The van der Waals surface area contributed by atoms with Gasteiger partial charge in [0.05, 0.1) is 29.8 Å². The van der Waals surface area contributed by atoms with Crippen LogP contribution < -0.4 is 15.5 Å². The Labute approximate surface area is 378 Å². The van der Waals surface area contributed by atoms with Crippen LogP contribution in [0.2, 0.25) is 5.02 Å². The number of aliphatic hydroxyl groups is 2. The molecule has 62 heavy (non-hydrogen) atoms. The molecule has 8 atom stereocenters. The van der Waals surface area contributed by atoms with Gasteiger partial charge in [-0.15, -0.1) is 0 Å². The monoisotopic (exact) mass is 924 g/mol. The highest BCUT2D eigenvalue weighted by Gasteiger charge is 2.64. The van der Waals surface area contributed by atoms with Gasteiger partial charge in [-0.25, -0.2) is 9.59 Å². The lowest BCUT2D eigenvalue weighted by Gasteiger charge is -2.42. The molecule has 18 heteroatoms. The third kappa shape index (κ3) is 13.1. The highest BCUT2D eigenvalue weighted by Crippen LogP contribution is 2.49. The van der Waals surface area contributed by atoms with Gasteiger partial charge in [0.15, 0.2) is 5.72 Å². The summed E-state index contributed by atoms with van der Waals surface area (Å²) >= 11 is 6.77. The number of likely N-dealkylation sites (N-methyl/N-ethyl adjacent to an activating group) is 1. The van der Waals surface area contributed by atoms with E-state index in [1.54, 1.807) is 73.7 Å². The number of rotatable bonds is 15. The number of hydrogen-bond donors (Lipinski definition) is 4. The molecule has 1 unspecified atom stereocenters. The highest BCUT2D eigenvalue weighted by molar-refractivity contribution is 8.77. The number of anilines is 1. The largest absolute Gasteiger partial charge is 0.457 e. The molecule has 1 aromatic carbocycles. The third-order valence-electron chi connectivity index (χ3n) is 11.8. The lowest BCUT2D eigenvalue weighted by molar-refractivity contribution is -0.162. The number of esters is 1. The standard InChI is InChI=1S/C44H65ClN4O11S2/c1-11-46-35(51)16-13-19-61-62-42(5,6)18-17-36(52)48(8)28(4)40(54)59-34-23-37(53)49(9)31-22-29(21-30(25-50)38(31)45)20-26(2)14-12-15-33(57-10)44(56)24-32(58-41(55)47-44)27(3)39-43(34,7)60-39/h12,14-15,21-22,27-28,32-34,39,50,56H,11,13,16-20,23-25H2,1-10H3,(H,46,51)(H,47,55)/b15-12+,26-14+/t27-,28+,32+,33-,34+,39+,43?,44+/m1/s1. The molecule has 15 nitrogen and oxygen atoms in total. The van der Waals surface area contributed by atoms with Crippen molar-refractivity contribution in [2.75, 3.05) is 38.4 Å². The van der Waals surface area contributed by atoms with Crippen molar-refractivity contribution in [1.29, 1.82) is 0 Å². The Kier molecular flexibility index (Phi) is 18.2. The lowest BCUT2D eigenvalue weighted by atomic mass is 9.83. The maximum absolute atomic E-state index is 14.3. The lowest BCUT2D eigenvalue weighted by Crippen LogP contribution is -2.63. The van der Waals surface area contributed by atoms with Gasteiger partial charge in [0.2, 0.25) is 17.7 Å². The van der Waals surface area contributed by atoms with Crippen LogP contribution in [0.1, 0.15) is 98.1 Å². The number of nitrogens with one attached hydrogen (secondary N) is 2. The molecule has 0 radical (unpaired) electrons. The van der Waals surface area contributed by atoms with Crippen LogP contribution >= 0.6 is 33.2 Å². The van der Waals surface area contributed by atoms with Crippen LogP contribution in [0.25, 0.3) is 0 Å². The number of ether oxygens (including phenoxy) is 4. The van der Waals surface area contributed by atoms with Crippen molar-refractivity contribution in [3.63, 3.8) is 0 Å². The first-order chi connectivity index (χ1) is 29.1. The minimum absolute atomic E-state index is 0.0342. The van der Waals surface area contributed by atoms with Crippen LogP contribution in [0.5, 0.6) is 0 Å². The molecule has 4 amide bonds. The Hall–Kier alpha value is -3.32. The number of nitrogens with zero attached hydrogens (tertiary/aromatic N) is 2. The topological polar surface area (TPSA) is 197 Å². The van der Waals surface area contributed by atoms with Crippen LogP contribution in [0, 0.1) is 5.92 Å². The van der Waals surface area contributed by atoms with Gasteiger partial charge in [-0.1, -0.05) is 70.0 Å². The van der Waals surface area contributed by atoms with E-state index >= 15 is 0 Å². The smallest absolute Gasteiger partial charge is 0.409 e. The second-order valence-electron chi connectivity index (χ2n) is 17.2. The number of alkyl carbamates (subject to hydrolysis) is 1. The SMILES string of the molecule is CCNC(=O)CCCSSC(C)(C)CCC(=O)N(C)[C@@H](C)C(=O)O[C@H]1CC(=O)N(C)c2cc(cc(CO)c2Cl)C/C(C)=C/C=C/[C@@H](OC)[C@@]2(O)C[C@H](OC(=O)N2)[C@@H](C)[C@@H]2OC12C. The summed E-state index contributed by atoms with van der Waals surface area (Å²) in [5.41, 5.74) is -0.681. The summed E-state index contributed by atoms with van der Waals surface area (Å²) in [6.45, 7) is 13.2. The first-order valence-corrected chi connectivity index (χ1v) is 23.8. The third-order valence-corrected chi connectivity index (χ3v) is 15.7. The van der Waals surface area contributed by atoms with Gasteiger partial charge in [-0.3, -0.25) is 19.7 Å². The molecule has 3 aliphatic rings. The summed E-state index contributed by atoms with van der Waals surface area (Å²) in [6, 6.07) is 2.50. The number of fused-ring (bicyclic) bond motifs is 5. The summed E-state index contributed by atoms with van der Waals surface area (Å²) in [5, 5.41) is 27.5. The minimum Gasteiger partial charge on any atom is -0.457 e. The molecule has 346 valence electrons. The van der Waals surface area contributed by atoms with Crippen molar-refractivity contribution in [2.45, 2.75) is 147 Å². The zero-order valence-electron chi connectivity index (χ0n) is 37.6. The fraction of sp³-hybridized carbons (Fsp3) is 0.659. The van der Waals surface area contributed by atoms with Gasteiger partial charge in [0.1, 0.15) is 30.0 Å². The first kappa shape index (κ1) is 51.3. The fourth-order valence-corrected chi connectivity index (χ4v) is 10.6. The molecule has 4 bridgehead atoms. The summed E-state index contributed by atoms with van der Waals surface area (Å²) in [6.07, 6.45) is 2.56. The summed E-state index contributed by atoms with van der Waals surface area (Å²) < 4.78 is 23.5. The molecule has 2 fully saturated rings. The van der Waals surface area contributed by atoms with Crippen LogP contribution in [0.3, 0.4) is 0 Å². The number of methoxy groups -OCH3 is 1. The van der Waals surface area contributed by atoms with Gasteiger partial charge in [0.25, 0.3) is 0 Å². The van der Waals surface area contributed by atoms with E-state index in [2.05, 4.69) is 10.6 Å². The average molecular weight is 926 g/mol. The Morgan fingerprint density at radius 3 is 2.60 bits per heavy atom. The number of halogens is 1. The predicted octanol–water partition coefficient (Wildman–Crippen LogP) is 5.85. The molecule has 0 aliphatic carbocycles. The van der Waals surface area contributed by atoms with Crippen molar-refractivity contribution in [1.82, 2.24) is 15.5 Å². The van der Waals surface area contributed by atoms with E-state index in [4.69, 9.17) is 30.5 Å². The Bertz CT molecular complexity index is 1870. The van der Waals surface area contributed by atoms with Crippen molar-refractivity contribution >= 4 is 68.7 Å². The van der Waals surface area contributed by atoms with Crippen molar-refractivity contribution in [2.24, 2.45) is 5.92 Å². The maximum atomic E-state index is 14.3. The number of amides is 4. The van der Waals surface area contributed by atoms with Crippen LogP contribution in [-0.2, 0) is 51.2 Å². The molecule has 0 spiro atoms. The molecule has 3 aliphatic heterocycles. The van der Waals surface area contributed by atoms with Gasteiger partial charge in [-0.05, 0) is 78.0 Å². The van der Waals surface area contributed by atoms with Gasteiger partial charge in [-0.2, -0.15) is 0 Å². The Morgan fingerprint density at radius 1 is 1.23 bits per heavy atom. The second kappa shape index (κ2) is 22.0. The molecule has 3 heterocycles. The van der Waals surface area contributed by atoms with Gasteiger partial charge >= 0.3 is 12.1 Å². The van der Waals surface area contributed by atoms with Crippen molar-refractivity contribution in [3.8, 4) is 0 Å². The zero-order valence-corrected chi connectivity index (χ0v) is 40.0. The van der Waals surface area contributed by atoms with Gasteiger partial charge in [0, 0.05) is 63.4 Å². The summed E-state index contributed by atoms with van der Waals surface area (Å²) in [5.74, 6) is -1.21. The second-order valence-corrected chi connectivity index (χ2v) is 20.7. The normalized spacial score (nSPS) is 28.6. The number of allylic oxidation sites excluding steroid dienone is 3. The summed E-state index contributed by atoms with van der Waals surface area (Å²) in [4.78, 5) is 69.2. The molecule has 4 rings (SSSR count). The van der Waals surface area contributed by atoms with E-state index in [9.17, 15) is 34.2 Å². The van der Waals surface area contributed by atoms with Gasteiger partial charge < -0.3 is 44.3 Å². The van der Waals surface area contributed by atoms with Crippen LogP contribution in [0.4, 0.5) is 10.5 Å². The van der Waals surface area contributed by atoms with E-state index in [0.29, 0.717) is 37.1 Å². The first-order valence-electron chi connectivity index (χ1n) is 21.1. The number of epoxide rings is 1. The van der Waals surface area contributed by atoms with E-state index in [1.807, 2.05) is 33.8 Å². The zero-order chi connectivity index (χ0) is 46.2. The van der Waals surface area contributed by atoms with E-state index in [0.717, 1.165) is 23.3 Å².